The van der Waals surface area contributed by atoms with Gasteiger partial charge in [0, 0.05) is 32.2 Å². The van der Waals surface area contributed by atoms with Crippen molar-refractivity contribution in [3.05, 3.63) is 114 Å². The second-order valence-corrected chi connectivity index (χ2v) is 13.4. The average Bonchev–Trinajstić information content (AvgIpc) is 3.17. The quantitative estimate of drug-likeness (QED) is 0.0958. The van der Waals surface area contributed by atoms with Crippen LogP contribution in [0.25, 0.3) is 10.8 Å². The summed E-state index contributed by atoms with van der Waals surface area (Å²) in [6.07, 6.45) is 3.29. The third-order valence-electron chi connectivity index (χ3n) is 9.44. The van der Waals surface area contributed by atoms with Gasteiger partial charge in [0.1, 0.15) is 5.75 Å². The Balaban J connectivity index is 1.09. The molecule has 0 amide bonds. The van der Waals surface area contributed by atoms with Crippen molar-refractivity contribution >= 4 is 16.9 Å². The summed E-state index contributed by atoms with van der Waals surface area (Å²) in [6, 6.07) is 32.7. The van der Waals surface area contributed by atoms with Gasteiger partial charge in [-0.25, -0.2) is 4.79 Å². The molecule has 0 bridgehead atoms. The Labute approximate surface area is 306 Å². The predicted octanol–water partition coefficient (Wildman–Crippen LogP) is 8.13. The molecule has 2 aliphatic heterocycles. The molecule has 6 rings (SSSR count). The Hall–Kier alpha value is -4.03. The maximum absolute atomic E-state index is 11.7. The highest BCUT2D eigenvalue weighted by Crippen LogP contribution is 2.35. The summed E-state index contributed by atoms with van der Waals surface area (Å²) in [5.41, 5.74) is 3.21. The zero-order valence-electron chi connectivity index (χ0n) is 29.8. The fourth-order valence-electron chi connectivity index (χ4n) is 6.80. The van der Waals surface area contributed by atoms with E-state index in [4.69, 9.17) is 33.3 Å². The molecule has 0 aromatic heterocycles. The van der Waals surface area contributed by atoms with Crippen LogP contribution in [0.5, 0.6) is 5.75 Å². The molecule has 1 N–H and O–H groups in total. The van der Waals surface area contributed by atoms with Crippen LogP contribution in [0.1, 0.15) is 61.1 Å². The number of piperidine rings is 1. The second-order valence-electron chi connectivity index (χ2n) is 13.4. The van der Waals surface area contributed by atoms with Crippen LogP contribution in [0.15, 0.2) is 97.1 Å². The van der Waals surface area contributed by atoms with Gasteiger partial charge in [-0.3, -0.25) is 0 Å². The van der Waals surface area contributed by atoms with E-state index in [1.54, 1.807) is 0 Å². The van der Waals surface area contributed by atoms with Gasteiger partial charge in [0.15, 0.2) is 6.29 Å². The fourth-order valence-corrected chi connectivity index (χ4v) is 6.80. The van der Waals surface area contributed by atoms with E-state index in [1.165, 1.54) is 5.06 Å². The normalized spacial score (nSPS) is 20.8. The lowest BCUT2D eigenvalue weighted by atomic mass is 9.85. The summed E-state index contributed by atoms with van der Waals surface area (Å²) in [5.74, 6) is 0.591. The first kappa shape index (κ1) is 37.7. The highest BCUT2D eigenvalue weighted by molar-refractivity contribution is 5.82. The van der Waals surface area contributed by atoms with Crippen molar-refractivity contribution in [2.45, 2.75) is 76.2 Å². The molecule has 0 aliphatic carbocycles. The molecular weight excluding hydrogens is 662 g/mol. The molecule has 10 heteroatoms. The highest BCUT2D eigenvalue weighted by atomic mass is 16.8. The fraction of sp³-hybridized carbons (Fsp3) is 0.452. The molecule has 4 unspecified atom stereocenters. The van der Waals surface area contributed by atoms with Gasteiger partial charge in [-0.15, -0.1) is 5.06 Å². The number of hydrogen-bond donors (Lipinski definition) is 1. The van der Waals surface area contributed by atoms with E-state index in [2.05, 4.69) is 54.6 Å². The standard InChI is InChI=1S/C42H51NO9/c44-42(45)52-43-28-38(48-23-8-9-25-50-40-15-6-7-24-49-40)41(39(29-43)51-31-33-16-17-34-13-4-5-14-36(34)27-33)35-18-20-37(21-19-35)47-26-10-22-46-30-32-11-2-1-3-12-32/h1-5,11-14,16-21,27,38-41H,6-10,15,22-26,28-31H2,(H,44,45). The first-order valence-corrected chi connectivity index (χ1v) is 18.5. The van der Waals surface area contributed by atoms with Crippen LogP contribution in [-0.2, 0) is 41.7 Å². The molecular formula is C42H51NO9. The van der Waals surface area contributed by atoms with Crippen molar-refractivity contribution in [1.82, 2.24) is 5.06 Å². The van der Waals surface area contributed by atoms with Crippen LogP contribution in [-0.4, -0.2) is 80.9 Å². The first-order chi connectivity index (χ1) is 25.6. The topological polar surface area (TPSA) is 105 Å². The minimum atomic E-state index is -1.36. The van der Waals surface area contributed by atoms with Gasteiger partial charge >= 0.3 is 6.16 Å². The third-order valence-corrected chi connectivity index (χ3v) is 9.44. The van der Waals surface area contributed by atoms with Crippen LogP contribution < -0.4 is 4.74 Å². The van der Waals surface area contributed by atoms with E-state index in [-0.39, 0.29) is 31.4 Å². The van der Waals surface area contributed by atoms with E-state index in [9.17, 15) is 9.90 Å². The molecule has 2 fully saturated rings. The lowest BCUT2D eigenvalue weighted by molar-refractivity contribution is -0.200. The van der Waals surface area contributed by atoms with Crippen LogP contribution in [0, 0.1) is 0 Å². The number of fused-ring (bicyclic) bond motifs is 1. The van der Waals surface area contributed by atoms with E-state index >= 15 is 0 Å². The Morgan fingerprint density at radius 1 is 0.712 bits per heavy atom. The zero-order chi connectivity index (χ0) is 35.8. The van der Waals surface area contributed by atoms with E-state index in [0.29, 0.717) is 39.6 Å². The molecule has 4 atom stereocenters. The largest absolute Gasteiger partial charge is 0.525 e. The van der Waals surface area contributed by atoms with E-state index < -0.39 is 12.3 Å². The summed E-state index contributed by atoms with van der Waals surface area (Å²) >= 11 is 0. The molecule has 0 spiro atoms. The Bertz CT molecular complexity index is 1630. The summed E-state index contributed by atoms with van der Waals surface area (Å²) in [5, 5.41) is 13.3. The lowest BCUT2D eigenvalue weighted by Gasteiger charge is -2.42. The van der Waals surface area contributed by atoms with Gasteiger partial charge in [-0.05, 0) is 77.8 Å². The number of nitrogens with zero attached hydrogens (tertiary/aromatic N) is 1. The minimum absolute atomic E-state index is 0.112. The van der Waals surface area contributed by atoms with Crippen molar-refractivity contribution in [1.29, 1.82) is 0 Å². The lowest BCUT2D eigenvalue weighted by Crippen LogP contribution is -2.53. The summed E-state index contributed by atoms with van der Waals surface area (Å²) < 4.78 is 36.6. The maximum Gasteiger partial charge on any atom is 0.525 e. The van der Waals surface area contributed by atoms with Crippen LogP contribution in [0.2, 0.25) is 0 Å². The van der Waals surface area contributed by atoms with Crippen molar-refractivity contribution in [2.75, 3.05) is 46.1 Å². The smallest absolute Gasteiger partial charge is 0.494 e. The summed E-state index contributed by atoms with van der Waals surface area (Å²) in [6.45, 7) is 4.49. The average molecular weight is 714 g/mol. The molecule has 2 aliphatic rings. The number of unbranched alkanes of at least 4 members (excludes halogenated alkanes) is 1. The summed E-state index contributed by atoms with van der Waals surface area (Å²) in [7, 11) is 0. The van der Waals surface area contributed by atoms with E-state index in [0.717, 1.165) is 78.3 Å². The van der Waals surface area contributed by atoms with E-state index in [1.807, 2.05) is 42.5 Å². The van der Waals surface area contributed by atoms with Crippen molar-refractivity contribution in [2.24, 2.45) is 0 Å². The van der Waals surface area contributed by atoms with Crippen LogP contribution >= 0.6 is 0 Å². The minimum Gasteiger partial charge on any atom is -0.494 e. The molecule has 2 saturated heterocycles. The molecule has 4 aromatic rings. The molecule has 0 radical (unpaired) electrons. The Morgan fingerprint density at radius 2 is 1.46 bits per heavy atom. The van der Waals surface area contributed by atoms with Crippen LogP contribution in [0.3, 0.4) is 0 Å². The van der Waals surface area contributed by atoms with Gasteiger partial charge in [-0.2, -0.15) is 0 Å². The number of hydroxylamine groups is 2. The van der Waals surface area contributed by atoms with Gasteiger partial charge < -0.3 is 38.4 Å². The number of carbonyl (C=O) groups is 1. The van der Waals surface area contributed by atoms with Crippen molar-refractivity contribution < 1.29 is 43.2 Å². The number of hydrogen-bond acceptors (Lipinski definition) is 9. The van der Waals surface area contributed by atoms with Gasteiger partial charge in [0.05, 0.1) is 51.7 Å². The molecule has 52 heavy (non-hydrogen) atoms. The SMILES string of the molecule is O=C(O)ON1CC(OCCCCOC2CCCCO2)C(c2ccc(OCCCOCc3ccccc3)cc2)C(OCc2ccc3ccccc3c2)C1. The van der Waals surface area contributed by atoms with Crippen LogP contribution in [0.4, 0.5) is 4.79 Å². The summed E-state index contributed by atoms with van der Waals surface area (Å²) in [4.78, 5) is 16.9. The van der Waals surface area contributed by atoms with Gasteiger partial charge in [-0.1, -0.05) is 78.9 Å². The van der Waals surface area contributed by atoms with Gasteiger partial charge in [0.25, 0.3) is 0 Å². The first-order valence-electron chi connectivity index (χ1n) is 18.5. The predicted molar refractivity (Wildman–Crippen MR) is 197 cm³/mol. The number of ether oxygens (including phenoxy) is 6. The molecule has 4 aromatic carbocycles. The van der Waals surface area contributed by atoms with Crippen molar-refractivity contribution in [3.8, 4) is 5.75 Å². The third kappa shape index (κ3) is 11.7. The number of carboxylic acid groups (broad SMARTS) is 1. The molecule has 278 valence electrons. The molecule has 10 nitrogen and oxygen atoms in total. The Morgan fingerprint density at radius 3 is 2.23 bits per heavy atom. The van der Waals surface area contributed by atoms with Crippen molar-refractivity contribution in [3.63, 3.8) is 0 Å². The Kier molecular flexibility index (Phi) is 14.7. The highest BCUT2D eigenvalue weighted by Gasteiger charge is 2.41. The molecule has 0 saturated carbocycles. The number of rotatable bonds is 19. The van der Waals surface area contributed by atoms with Gasteiger partial charge in [0.2, 0.25) is 0 Å². The second kappa shape index (κ2) is 20.3. The maximum atomic E-state index is 11.7. The number of benzene rings is 4. The molecule has 2 heterocycles. The zero-order valence-corrected chi connectivity index (χ0v) is 29.8. The monoisotopic (exact) mass is 713 g/mol.